The van der Waals surface area contributed by atoms with E-state index < -0.39 is 38.0 Å². The Morgan fingerprint density at radius 2 is 1.15 bits per heavy atom. The molecule has 0 fully saturated rings. The van der Waals surface area contributed by atoms with Gasteiger partial charge in [-0.25, -0.2) is 0 Å². The van der Waals surface area contributed by atoms with Crippen LogP contribution in [0.3, 0.4) is 0 Å². The third kappa shape index (κ3) is 6.20. The van der Waals surface area contributed by atoms with E-state index in [4.69, 9.17) is 32.7 Å². The summed E-state index contributed by atoms with van der Waals surface area (Å²) in [5, 5.41) is 26.3. The molecule has 2 atom stereocenters. The van der Waals surface area contributed by atoms with E-state index in [9.17, 15) is 29.8 Å². The fourth-order valence-corrected chi connectivity index (χ4v) is 9.88. The number of hydrogen-bond acceptors (Lipinski definition) is 10. The maximum Gasteiger partial charge on any atom is 0.270 e. The van der Waals surface area contributed by atoms with Gasteiger partial charge in [0, 0.05) is 58.2 Å². The van der Waals surface area contributed by atoms with Gasteiger partial charge >= 0.3 is 0 Å². The molecule has 0 saturated carbocycles. The summed E-state index contributed by atoms with van der Waals surface area (Å²) in [5.41, 5.74) is 1.60. The Bertz CT molecular complexity index is 2650. The number of non-ortho nitro benzene ring substituents is 2. The van der Waals surface area contributed by atoms with Crippen LogP contribution in [-0.4, -0.2) is 46.1 Å². The molecule has 5 aromatic rings. The zero-order valence-electron chi connectivity index (χ0n) is 34.0. The standard InChI is InChI=1S/C47H39Cl2N5O8/c1-44(2)34-9-5-7-11-39(34)51(46(44)19-17-28-21-31(53(57)58)13-15-41(28)61-46)26-33(55)23-30-24-37(49)38(25-36(30)48)50-43(56)27-52-40-12-8-6-10-35(40)45(3,4)47(52)20-18-29-22-32(54(59)60)14-16-42(29)62-47/h5-22,24-25H,23,26-27H2,1-4H3,(H,50,56). The fraction of sp³-hybridized carbons (Fsp3) is 0.234. The molecule has 4 aliphatic rings. The van der Waals surface area contributed by atoms with E-state index >= 15 is 0 Å². The number of nitro benzene ring substituents is 2. The Morgan fingerprint density at radius 1 is 0.661 bits per heavy atom. The molecule has 13 nitrogen and oxygen atoms in total. The van der Waals surface area contributed by atoms with Gasteiger partial charge in [0.15, 0.2) is 5.78 Å². The number of carbonyl (C=O) groups excluding carboxylic acids is 2. The Labute approximate surface area is 366 Å². The molecule has 314 valence electrons. The van der Waals surface area contributed by atoms with Gasteiger partial charge in [-0.05, 0) is 105 Å². The van der Waals surface area contributed by atoms with Crippen molar-refractivity contribution in [2.75, 3.05) is 28.2 Å². The topological polar surface area (TPSA) is 157 Å². The lowest BCUT2D eigenvalue weighted by molar-refractivity contribution is -0.385. The number of carbonyl (C=O) groups is 2. The van der Waals surface area contributed by atoms with Gasteiger partial charge in [0.1, 0.15) is 18.0 Å². The van der Waals surface area contributed by atoms with Gasteiger partial charge in [0.2, 0.25) is 17.4 Å². The first-order chi connectivity index (χ1) is 29.5. The van der Waals surface area contributed by atoms with Crippen LogP contribution in [0.1, 0.15) is 55.5 Å². The number of ketones is 1. The van der Waals surface area contributed by atoms with Gasteiger partial charge in [-0.1, -0.05) is 59.6 Å². The van der Waals surface area contributed by atoms with E-state index in [1.54, 1.807) is 30.4 Å². The maximum atomic E-state index is 14.1. The lowest BCUT2D eigenvalue weighted by Crippen LogP contribution is -2.61. The third-order valence-electron chi connectivity index (χ3n) is 12.7. The highest BCUT2D eigenvalue weighted by Crippen LogP contribution is 2.56. The highest BCUT2D eigenvalue weighted by atomic mass is 35.5. The first-order valence-electron chi connectivity index (χ1n) is 19.8. The van der Waals surface area contributed by atoms with Crippen LogP contribution in [0.2, 0.25) is 10.0 Å². The number of benzene rings is 5. The summed E-state index contributed by atoms with van der Waals surface area (Å²) in [6, 6.07) is 27.5. The Kier molecular flexibility index (Phi) is 9.49. The molecule has 62 heavy (non-hydrogen) atoms. The molecule has 9 rings (SSSR count). The van der Waals surface area contributed by atoms with Crippen molar-refractivity contribution in [1.82, 2.24) is 0 Å². The summed E-state index contributed by atoms with van der Waals surface area (Å²) in [4.78, 5) is 54.0. The SMILES string of the molecule is CC1(C)c2ccccc2N(CC(=O)Cc2cc(Cl)c(NC(=O)CN3c4ccccc4C(C)(C)C34C=Cc3cc([N+](=O)[O-])ccc3O4)cc2Cl)C12C=Cc1cc([N+](=O)[O-])ccc1O2. The summed E-state index contributed by atoms with van der Waals surface area (Å²) in [7, 11) is 0. The number of para-hydroxylation sites is 2. The van der Waals surface area contributed by atoms with Crippen LogP contribution in [0.15, 0.2) is 109 Å². The monoisotopic (exact) mass is 871 g/mol. The number of nitrogens with one attached hydrogen (secondary N) is 1. The molecule has 5 aromatic carbocycles. The van der Waals surface area contributed by atoms with Crippen molar-refractivity contribution in [3.8, 4) is 11.5 Å². The molecule has 2 spiro atoms. The molecule has 1 amide bonds. The van der Waals surface area contributed by atoms with E-state index in [-0.39, 0.29) is 52.4 Å². The fourth-order valence-electron chi connectivity index (χ4n) is 9.41. The number of fused-ring (bicyclic) bond motifs is 4. The van der Waals surface area contributed by atoms with Crippen LogP contribution in [0.25, 0.3) is 12.2 Å². The largest absolute Gasteiger partial charge is 0.463 e. The van der Waals surface area contributed by atoms with E-state index in [0.717, 1.165) is 22.5 Å². The van der Waals surface area contributed by atoms with Gasteiger partial charge in [-0.3, -0.25) is 29.8 Å². The van der Waals surface area contributed by atoms with Gasteiger partial charge in [0.05, 0.1) is 37.9 Å². The van der Waals surface area contributed by atoms with E-state index in [1.807, 2.05) is 98.2 Å². The Morgan fingerprint density at radius 3 is 1.65 bits per heavy atom. The lowest BCUT2D eigenvalue weighted by atomic mass is 9.76. The van der Waals surface area contributed by atoms with Crippen LogP contribution < -0.4 is 24.6 Å². The van der Waals surface area contributed by atoms with Crippen LogP contribution in [0.5, 0.6) is 11.5 Å². The summed E-state index contributed by atoms with van der Waals surface area (Å²) < 4.78 is 13.5. The van der Waals surface area contributed by atoms with Gasteiger partial charge in [0.25, 0.3) is 11.4 Å². The average Bonchev–Trinajstić information content (AvgIpc) is 3.52. The molecule has 0 radical (unpaired) electrons. The van der Waals surface area contributed by atoms with Crippen LogP contribution in [-0.2, 0) is 26.8 Å². The minimum atomic E-state index is -1.17. The zero-order valence-corrected chi connectivity index (χ0v) is 35.5. The molecule has 0 aromatic heterocycles. The quantitative estimate of drug-likeness (QED) is 0.112. The van der Waals surface area contributed by atoms with Gasteiger partial charge in [-0.2, -0.15) is 0 Å². The average molecular weight is 873 g/mol. The molecule has 0 bridgehead atoms. The number of hydrogen-bond donors (Lipinski definition) is 1. The molecular weight excluding hydrogens is 833 g/mol. The molecule has 1 N–H and O–H groups in total. The first-order valence-corrected chi connectivity index (χ1v) is 20.6. The second-order valence-electron chi connectivity index (χ2n) is 16.9. The lowest BCUT2D eigenvalue weighted by Gasteiger charge is -2.47. The summed E-state index contributed by atoms with van der Waals surface area (Å²) in [5.74, 6) is 0.301. The molecular formula is C47H39Cl2N5O8. The van der Waals surface area contributed by atoms with Crippen LogP contribution >= 0.6 is 23.2 Å². The van der Waals surface area contributed by atoms with Crippen molar-refractivity contribution < 1.29 is 28.9 Å². The second-order valence-corrected chi connectivity index (χ2v) is 17.7. The van der Waals surface area contributed by atoms with Gasteiger partial charge in [-0.15, -0.1) is 0 Å². The smallest absolute Gasteiger partial charge is 0.270 e. The molecule has 4 aliphatic heterocycles. The highest BCUT2D eigenvalue weighted by molar-refractivity contribution is 6.36. The normalized spacial score (nSPS) is 20.5. The molecule has 0 saturated heterocycles. The zero-order chi connectivity index (χ0) is 43.9. The van der Waals surface area contributed by atoms with E-state index in [0.29, 0.717) is 28.2 Å². The number of Topliss-reactive ketones (excluding diaryl/α,β-unsaturated/α-hetero) is 1. The molecule has 2 unspecified atom stereocenters. The summed E-state index contributed by atoms with van der Waals surface area (Å²) in [6.45, 7) is 7.91. The molecule has 0 aliphatic carbocycles. The van der Waals surface area contributed by atoms with E-state index in [1.165, 1.54) is 30.3 Å². The number of nitro groups is 2. The van der Waals surface area contributed by atoms with Crippen molar-refractivity contribution >= 4 is 75.5 Å². The van der Waals surface area contributed by atoms with Crippen molar-refractivity contribution in [2.24, 2.45) is 0 Å². The third-order valence-corrected chi connectivity index (χ3v) is 13.3. The van der Waals surface area contributed by atoms with Crippen molar-refractivity contribution in [3.05, 3.63) is 167 Å². The molecule has 15 heteroatoms. The van der Waals surface area contributed by atoms with Crippen LogP contribution in [0.4, 0.5) is 28.4 Å². The first kappa shape index (κ1) is 40.7. The highest BCUT2D eigenvalue weighted by Gasteiger charge is 2.60. The Hall–Kier alpha value is -6.70. The van der Waals surface area contributed by atoms with E-state index in [2.05, 4.69) is 5.32 Å². The number of amides is 1. The number of ether oxygens (including phenoxy) is 2. The summed E-state index contributed by atoms with van der Waals surface area (Å²) >= 11 is 13.6. The Balaban J connectivity index is 0.947. The predicted molar refractivity (Wildman–Crippen MR) is 238 cm³/mol. The minimum absolute atomic E-state index is 0.0548. The predicted octanol–water partition coefficient (Wildman–Crippen LogP) is 10.1. The molecule has 4 heterocycles. The number of nitrogens with zero attached hydrogens (tertiary/aromatic N) is 4. The maximum absolute atomic E-state index is 14.1. The number of rotatable bonds is 9. The van der Waals surface area contributed by atoms with Crippen molar-refractivity contribution in [2.45, 2.75) is 56.4 Å². The van der Waals surface area contributed by atoms with Crippen molar-refractivity contribution in [1.29, 1.82) is 0 Å². The number of halogens is 2. The minimum Gasteiger partial charge on any atom is -0.463 e. The second kappa shape index (κ2) is 14.5. The number of anilines is 3. The summed E-state index contributed by atoms with van der Waals surface area (Å²) in [6.07, 6.45) is 7.22. The van der Waals surface area contributed by atoms with Crippen LogP contribution in [0, 0.1) is 20.2 Å². The van der Waals surface area contributed by atoms with Crippen molar-refractivity contribution in [3.63, 3.8) is 0 Å². The van der Waals surface area contributed by atoms with Gasteiger partial charge < -0.3 is 24.6 Å².